The first-order chi connectivity index (χ1) is 6.31. The average molecular weight is 177 g/mol. The van der Waals surface area contributed by atoms with Crippen LogP contribution >= 0.6 is 0 Å². The zero-order chi connectivity index (χ0) is 9.26. The molecular formula is C11H15NO. The molecule has 0 unspecified atom stereocenters. The van der Waals surface area contributed by atoms with Gasteiger partial charge in [-0.25, -0.2) is 0 Å². The third-order valence-electron chi connectivity index (χ3n) is 2.61. The number of ether oxygens (including phenoxy) is 1. The van der Waals surface area contributed by atoms with Crippen molar-refractivity contribution in [2.45, 2.75) is 18.9 Å². The second-order valence-electron chi connectivity index (χ2n) is 3.64. The first kappa shape index (κ1) is 8.57. The summed E-state index contributed by atoms with van der Waals surface area (Å²) in [5.41, 5.74) is 7.26. The Hall–Kier alpha value is -1.02. The Bertz CT molecular complexity index is 294. The largest absolute Gasteiger partial charge is 0.497 e. The lowest BCUT2D eigenvalue weighted by atomic mass is 10.0. The summed E-state index contributed by atoms with van der Waals surface area (Å²) in [6, 6.07) is 8.25. The summed E-state index contributed by atoms with van der Waals surface area (Å²) in [5, 5.41) is 0. The molecule has 1 aliphatic carbocycles. The monoisotopic (exact) mass is 177 g/mol. The fourth-order valence-electron chi connectivity index (χ4n) is 1.58. The molecule has 0 amide bonds. The topological polar surface area (TPSA) is 35.2 Å². The van der Waals surface area contributed by atoms with E-state index in [1.54, 1.807) is 7.11 Å². The van der Waals surface area contributed by atoms with Crippen LogP contribution in [0.25, 0.3) is 0 Å². The molecule has 2 N–H and O–H groups in total. The predicted molar refractivity (Wildman–Crippen MR) is 52.6 cm³/mol. The van der Waals surface area contributed by atoms with Crippen LogP contribution in [-0.2, 0) is 0 Å². The van der Waals surface area contributed by atoms with E-state index in [1.807, 2.05) is 18.2 Å². The quantitative estimate of drug-likeness (QED) is 0.767. The second-order valence-corrected chi connectivity index (χ2v) is 3.64. The van der Waals surface area contributed by atoms with E-state index in [0.717, 1.165) is 5.75 Å². The molecule has 13 heavy (non-hydrogen) atoms. The fraction of sp³-hybridized carbons (Fsp3) is 0.455. The number of nitrogens with two attached hydrogens (primary N) is 1. The molecule has 1 aromatic rings. The predicted octanol–water partition coefficient (Wildman–Crippen LogP) is 2.10. The molecule has 2 nitrogen and oxygen atoms in total. The summed E-state index contributed by atoms with van der Waals surface area (Å²) in [7, 11) is 1.68. The van der Waals surface area contributed by atoms with Gasteiger partial charge < -0.3 is 10.5 Å². The molecule has 0 saturated heterocycles. The molecule has 1 atom stereocenters. The minimum Gasteiger partial charge on any atom is -0.497 e. The summed E-state index contributed by atoms with van der Waals surface area (Å²) in [4.78, 5) is 0. The van der Waals surface area contributed by atoms with Crippen LogP contribution < -0.4 is 10.5 Å². The minimum atomic E-state index is 0.204. The average Bonchev–Trinajstić information content (AvgIpc) is 3.00. The van der Waals surface area contributed by atoms with Gasteiger partial charge in [-0.05, 0) is 36.5 Å². The van der Waals surface area contributed by atoms with E-state index in [1.165, 1.54) is 18.4 Å². The van der Waals surface area contributed by atoms with Gasteiger partial charge in [-0.1, -0.05) is 12.1 Å². The van der Waals surface area contributed by atoms with Gasteiger partial charge in [-0.15, -0.1) is 0 Å². The second kappa shape index (κ2) is 3.38. The van der Waals surface area contributed by atoms with Gasteiger partial charge in [0.2, 0.25) is 0 Å². The van der Waals surface area contributed by atoms with Crippen LogP contribution in [0.5, 0.6) is 5.75 Å². The van der Waals surface area contributed by atoms with E-state index >= 15 is 0 Å². The molecule has 0 aliphatic heterocycles. The molecule has 1 saturated carbocycles. The maximum atomic E-state index is 6.07. The Labute approximate surface area is 78.7 Å². The van der Waals surface area contributed by atoms with Crippen molar-refractivity contribution in [3.05, 3.63) is 29.8 Å². The highest BCUT2D eigenvalue weighted by atomic mass is 16.5. The lowest BCUT2D eigenvalue weighted by Crippen LogP contribution is -2.12. The number of rotatable bonds is 3. The van der Waals surface area contributed by atoms with Gasteiger partial charge in [0.1, 0.15) is 5.75 Å². The van der Waals surface area contributed by atoms with Gasteiger partial charge in [-0.2, -0.15) is 0 Å². The third-order valence-corrected chi connectivity index (χ3v) is 2.61. The summed E-state index contributed by atoms with van der Waals surface area (Å²) in [5.74, 6) is 1.60. The van der Waals surface area contributed by atoms with Crippen LogP contribution in [0.1, 0.15) is 24.4 Å². The standard InChI is InChI=1S/C11H15NO/c1-13-10-4-2-3-9(7-10)11(12)8-5-6-8/h2-4,7-8,11H,5-6,12H2,1H3/t11-/m1/s1. The SMILES string of the molecule is COc1cccc([C@H](N)C2CC2)c1. The third kappa shape index (κ3) is 1.83. The fourth-order valence-corrected chi connectivity index (χ4v) is 1.58. The smallest absolute Gasteiger partial charge is 0.119 e. The van der Waals surface area contributed by atoms with Gasteiger partial charge in [0.25, 0.3) is 0 Å². The highest BCUT2D eigenvalue weighted by molar-refractivity contribution is 5.31. The van der Waals surface area contributed by atoms with Crippen molar-refractivity contribution in [2.75, 3.05) is 7.11 Å². The van der Waals surface area contributed by atoms with Crippen molar-refractivity contribution in [1.29, 1.82) is 0 Å². The Balaban J connectivity index is 2.18. The van der Waals surface area contributed by atoms with E-state index < -0.39 is 0 Å². The maximum absolute atomic E-state index is 6.07. The Morgan fingerprint density at radius 3 is 2.85 bits per heavy atom. The van der Waals surface area contributed by atoms with Crippen molar-refractivity contribution in [3.63, 3.8) is 0 Å². The molecule has 2 rings (SSSR count). The van der Waals surface area contributed by atoms with E-state index in [-0.39, 0.29) is 6.04 Å². The lowest BCUT2D eigenvalue weighted by Gasteiger charge is -2.11. The van der Waals surface area contributed by atoms with Crippen LogP contribution in [0.3, 0.4) is 0 Å². The van der Waals surface area contributed by atoms with E-state index in [0.29, 0.717) is 5.92 Å². The Morgan fingerprint density at radius 1 is 1.46 bits per heavy atom. The molecule has 0 heterocycles. The van der Waals surface area contributed by atoms with Crippen LogP contribution in [0.15, 0.2) is 24.3 Å². The van der Waals surface area contributed by atoms with Gasteiger partial charge >= 0.3 is 0 Å². The molecule has 1 aromatic carbocycles. The number of hydrogen-bond acceptors (Lipinski definition) is 2. The first-order valence-corrected chi connectivity index (χ1v) is 4.71. The normalized spacial score (nSPS) is 18.3. The summed E-state index contributed by atoms with van der Waals surface area (Å²) in [6.45, 7) is 0. The van der Waals surface area contributed by atoms with Crippen molar-refractivity contribution >= 4 is 0 Å². The van der Waals surface area contributed by atoms with Crippen LogP contribution in [0, 0.1) is 5.92 Å². The van der Waals surface area contributed by atoms with Crippen molar-refractivity contribution in [2.24, 2.45) is 11.7 Å². The van der Waals surface area contributed by atoms with Crippen molar-refractivity contribution in [1.82, 2.24) is 0 Å². The molecule has 0 bridgehead atoms. The number of benzene rings is 1. The van der Waals surface area contributed by atoms with Gasteiger partial charge in [0, 0.05) is 6.04 Å². The Kier molecular flexibility index (Phi) is 2.23. The van der Waals surface area contributed by atoms with Crippen LogP contribution in [0.2, 0.25) is 0 Å². The molecule has 0 spiro atoms. The zero-order valence-electron chi connectivity index (χ0n) is 7.86. The first-order valence-electron chi connectivity index (χ1n) is 4.71. The zero-order valence-corrected chi connectivity index (χ0v) is 7.86. The molecule has 0 radical (unpaired) electrons. The number of hydrogen-bond donors (Lipinski definition) is 1. The molecular weight excluding hydrogens is 162 g/mol. The van der Waals surface area contributed by atoms with E-state index in [2.05, 4.69) is 6.07 Å². The van der Waals surface area contributed by atoms with Crippen molar-refractivity contribution < 1.29 is 4.74 Å². The van der Waals surface area contributed by atoms with E-state index in [9.17, 15) is 0 Å². The molecule has 1 fully saturated rings. The maximum Gasteiger partial charge on any atom is 0.119 e. The van der Waals surface area contributed by atoms with Gasteiger partial charge in [-0.3, -0.25) is 0 Å². The molecule has 70 valence electrons. The summed E-state index contributed by atoms with van der Waals surface area (Å²) >= 11 is 0. The van der Waals surface area contributed by atoms with E-state index in [4.69, 9.17) is 10.5 Å². The van der Waals surface area contributed by atoms with Gasteiger partial charge in [0.15, 0.2) is 0 Å². The van der Waals surface area contributed by atoms with Gasteiger partial charge in [0.05, 0.1) is 7.11 Å². The highest BCUT2D eigenvalue weighted by Crippen LogP contribution is 2.39. The summed E-state index contributed by atoms with van der Waals surface area (Å²) in [6.07, 6.45) is 2.55. The van der Waals surface area contributed by atoms with Crippen LogP contribution in [-0.4, -0.2) is 7.11 Å². The highest BCUT2D eigenvalue weighted by Gasteiger charge is 2.29. The van der Waals surface area contributed by atoms with Crippen LogP contribution in [0.4, 0.5) is 0 Å². The molecule has 0 aromatic heterocycles. The Morgan fingerprint density at radius 2 is 2.23 bits per heavy atom. The number of methoxy groups -OCH3 is 1. The molecule has 1 aliphatic rings. The minimum absolute atomic E-state index is 0.204. The van der Waals surface area contributed by atoms with Crippen molar-refractivity contribution in [3.8, 4) is 5.75 Å². The summed E-state index contributed by atoms with van der Waals surface area (Å²) < 4.78 is 5.15. The molecule has 2 heteroatoms. The lowest BCUT2D eigenvalue weighted by molar-refractivity contribution is 0.413.